The number of hydrogen-bond acceptors (Lipinski definition) is 3. The zero-order chi connectivity index (χ0) is 14.5. The Morgan fingerprint density at radius 2 is 2.15 bits per heavy atom. The molecule has 0 aliphatic carbocycles. The molecule has 0 fully saturated rings. The van der Waals surface area contributed by atoms with Crippen LogP contribution in [0.4, 0.5) is 0 Å². The molecule has 4 nitrogen and oxygen atoms in total. The second-order valence-corrected chi connectivity index (χ2v) is 4.97. The minimum absolute atomic E-state index is 0.792. The Hall–Kier alpha value is -1.81. The first-order valence-electron chi connectivity index (χ1n) is 7.04. The summed E-state index contributed by atoms with van der Waals surface area (Å²) in [5, 5.41) is 7.75. The molecule has 0 amide bonds. The van der Waals surface area contributed by atoms with Gasteiger partial charge in [0.15, 0.2) is 0 Å². The van der Waals surface area contributed by atoms with E-state index < -0.39 is 0 Å². The summed E-state index contributed by atoms with van der Waals surface area (Å²) in [5.41, 5.74) is 4.75. The first-order chi connectivity index (χ1) is 9.69. The van der Waals surface area contributed by atoms with E-state index in [-0.39, 0.29) is 0 Å². The van der Waals surface area contributed by atoms with Gasteiger partial charge in [0.1, 0.15) is 5.75 Å². The molecule has 1 N–H and O–H groups in total. The third-order valence-corrected chi connectivity index (χ3v) is 3.35. The van der Waals surface area contributed by atoms with E-state index in [9.17, 15) is 0 Å². The van der Waals surface area contributed by atoms with Gasteiger partial charge in [0.2, 0.25) is 0 Å². The summed E-state index contributed by atoms with van der Waals surface area (Å²) in [7, 11) is 5.63. The third-order valence-electron chi connectivity index (χ3n) is 3.35. The lowest BCUT2D eigenvalue weighted by atomic mass is 10.0. The van der Waals surface area contributed by atoms with E-state index in [4.69, 9.17) is 4.74 Å². The summed E-state index contributed by atoms with van der Waals surface area (Å²) in [6.07, 6.45) is 4.20. The van der Waals surface area contributed by atoms with E-state index >= 15 is 0 Å². The van der Waals surface area contributed by atoms with E-state index in [0.29, 0.717) is 0 Å². The Morgan fingerprint density at radius 1 is 1.35 bits per heavy atom. The normalized spacial score (nSPS) is 10.8. The second-order valence-electron chi connectivity index (χ2n) is 4.97. The maximum absolute atomic E-state index is 5.41. The Balaban J connectivity index is 2.44. The number of nitrogens with zero attached hydrogens (tertiary/aromatic N) is 2. The topological polar surface area (TPSA) is 39.1 Å². The van der Waals surface area contributed by atoms with Crippen LogP contribution in [0.2, 0.25) is 0 Å². The molecule has 0 bridgehead atoms. The van der Waals surface area contributed by atoms with Gasteiger partial charge < -0.3 is 10.1 Å². The number of ether oxygens (including phenoxy) is 1. The number of aromatic nitrogens is 2. The first-order valence-corrected chi connectivity index (χ1v) is 7.04. The van der Waals surface area contributed by atoms with Crippen LogP contribution < -0.4 is 10.1 Å². The Kier molecular flexibility index (Phi) is 4.79. The fraction of sp³-hybridized carbons (Fsp3) is 0.438. The lowest BCUT2D eigenvalue weighted by Crippen LogP contribution is -2.06. The molecule has 108 valence electrons. The van der Waals surface area contributed by atoms with Crippen LogP contribution in [-0.2, 0) is 20.0 Å². The molecule has 1 heterocycles. The number of hydrogen-bond donors (Lipinski definition) is 1. The summed E-state index contributed by atoms with van der Waals surface area (Å²) >= 11 is 0. The number of rotatable bonds is 6. The molecule has 0 saturated heterocycles. The van der Waals surface area contributed by atoms with Crippen molar-refractivity contribution in [1.82, 2.24) is 15.1 Å². The average Bonchev–Trinajstić information content (AvgIpc) is 2.80. The van der Waals surface area contributed by atoms with Crippen LogP contribution in [0.1, 0.15) is 24.6 Å². The Bertz CT molecular complexity index is 575. The summed E-state index contributed by atoms with van der Waals surface area (Å²) in [6, 6.07) is 6.32. The minimum Gasteiger partial charge on any atom is -0.496 e. The maximum Gasteiger partial charge on any atom is 0.123 e. The van der Waals surface area contributed by atoms with Gasteiger partial charge in [-0.05, 0) is 31.2 Å². The SMILES string of the molecule is CCCc1nn(C)cc1-c1ccc(OC)c(CNC)c1. The highest BCUT2D eigenvalue weighted by Crippen LogP contribution is 2.29. The highest BCUT2D eigenvalue weighted by atomic mass is 16.5. The van der Waals surface area contributed by atoms with Crippen LogP contribution in [0.25, 0.3) is 11.1 Å². The third kappa shape index (κ3) is 3.02. The molecule has 0 unspecified atom stereocenters. The van der Waals surface area contributed by atoms with Gasteiger partial charge >= 0.3 is 0 Å². The van der Waals surface area contributed by atoms with Crippen molar-refractivity contribution in [3.63, 3.8) is 0 Å². The van der Waals surface area contributed by atoms with Gasteiger partial charge in [0.25, 0.3) is 0 Å². The van der Waals surface area contributed by atoms with Crippen molar-refractivity contribution in [2.75, 3.05) is 14.2 Å². The van der Waals surface area contributed by atoms with Crippen molar-refractivity contribution in [3.05, 3.63) is 35.7 Å². The highest BCUT2D eigenvalue weighted by molar-refractivity contribution is 5.67. The molecule has 0 radical (unpaired) electrons. The number of nitrogens with one attached hydrogen (secondary N) is 1. The van der Waals surface area contributed by atoms with Crippen molar-refractivity contribution in [2.45, 2.75) is 26.3 Å². The fourth-order valence-electron chi connectivity index (χ4n) is 2.47. The van der Waals surface area contributed by atoms with Crippen molar-refractivity contribution >= 4 is 0 Å². The molecule has 0 aliphatic rings. The smallest absolute Gasteiger partial charge is 0.123 e. The molecule has 1 aromatic carbocycles. The van der Waals surface area contributed by atoms with Crippen molar-refractivity contribution in [2.24, 2.45) is 7.05 Å². The number of aryl methyl sites for hydroxylation is 2. The molecule has 0 aliphatic heterocycles. The van der Waals surface area contributed by atoms with Crippen molar-refractivity contribution in [1.29, 1.82) is 0 Å². The fourth-order valence-corrected chi connectivity index (χ4v) is 2.47. The Labute approximate surface area is 120 Å². The highest BCUT2D eigenvalue weighted by Gasteiger charge is 2.11. The van der Waals surface area contributed by atoms with Gasteiger partial charge in [-0.1, -0.05) is 19.4 Å². The predicted octanol–water partition coefficient (Wildman–Crippen LogP) is 2.77. The van der Waals surface area contributed by atoms with Gasteiger partial charge in [-0.2, -0.15) is 5.10 Å². The average molecular weight is 273 g/mol. The van der Waals surface area contributed by atoms with Crippen LogP contribution >= 0.6 is 0 Å². The second kappa shape index (κ2) is 6.57. The monoisotopic (exact) mass is 273 g/mol. The van der Waals surface area contributed by atoms with E-state index in [1.807, 2.05) is 24.8 Å². The van der Waals surface area contributed by atoms with Crippen LogP contribution in [0.3, 0.4) is 0 Å². The quantitative estimate of drug-likeness (QED) is 0.879. The van der Waals surface area contributed by atoms with Gasteiger partial charge in [0.05, 0.1) is 12.8 Å². The van der Waals surface area contributed by atoms with E-state index in [1.54, 1.807) is 7.11 Å². The lowest BCUT2D eigenvalue weighted by molar-refractivity contribution is 0.408. The van der Waals surface area contributed by atoms with Gasteiger partial charge in [0, 0.05) is 30.9 Å². The zero-order valence-electron chi connectivity index (χ0n) is 12.7. The first kappa shape index (κ1) is 14.6. The minimum atomic E-state index is 0.792. The zero-order valence-corrected chi connectivity index (χ0v) is 12.7. The largest absolute Gasteiger partial charge is 0.496 e. The summed E-state index contributed by atoms with van der Waals surface area (Å²) < 4.78 is 7.30. The molecular weight excluding hydrogens is 250 g/mol. The van der Waals surface area contributed by atoms with Crippen molar-refractivity contribution < 1.29 is 4.74 Å². The van der Waals surface area contributed by atoms with E-state index in [0.717, 1.165) is 30.8 Å². The molecule has 20 heavy (non-hydrogen) atoms. The molecule has 2 rings (SSSR count). The van der Waals surface area contributed by atoms with E-state index in [1.165, 1.54) is 16.7 Å². The molecular formula is C16H23N3O. The van der Waals surface area contributed by atoms with Crippen molar-refractivity contribution in [3.8, 4) is 16.9 Å². The number of methoxy groups -OCH3 is 1. The maximum atomic E-state index is 5.41. The van der Waals surface area contributed by atoms with Gasteiger partial charge in [-0.15, -0.1) is 0 Å². The van der Waals surface area contributed by atoms with Crippen LogP contribution in [0.15, 0.2) is 24.4 Å². The van der Waals surface area contributed by atoms with Crippen LogP contribution in [0.5, 0.6) is 5.75 Å². The standard InChI is InChI=1S/C16H23N3O/c1-5-6-15-14(11-19(3)18-15)12-7-8-16(20-4)13(9-12)10-17-2/h7-9,11,17H,5-6,10H2,1-4H3. The molecule has 0 saturated carbocycles. The summed E-state index contributed by atoms with van der Waals surface area (Å²) in [4.78, 5) is 0. The molecule has 0 atom stereocenters. The predicted molar refractivity (Wildman–Crippen MR) is 82.0 cm³/mol. The summed E-state index contributed by atoms with van der Waals surface area (Å²) in [5.74, 6) is 0.920. The lowest BCUT2D eigenvalue weighted by Gasteiger charge is -2.10. The van der Waals surface area contributed by atoms with Crippen LogP contribution in [-0.4, -0.2) is 23.9 Å². The molecule has 2 aromatic rings. The molecule has 1 aromatic heterocycles. The number of benzene rings is 1. The molecule has 0 spiro atoms. The Morgan fingerprint density at radius 3 is 2.80 bits per heavy atom. The van der Waals surface area contributed by atoms with Gasteiger partial charge in [-0.3, -0.25) is 4.68 Å². The summed E-state index contributed by atoms with van der Waals surface area (Å²) in [6.45, 7) is 2.97. The van der Waals surface area contributed by atoms with E-state index in [2.05, 4.69) is 35.7 Å². The van der Waals surface area contributed by atoms with Gasteiger partial charge in [-0.25, -0.2) is 0 Å². The van der Waals surface area contributed by atoms with Crippen LogP contribution in [0, 0.1) is 0 Å². The molecule has 4 heteroatoms.